The maximum atomic E-state index is 14.7. The first-order chi connectivity index (χ1) is 20.4. The molecular weight excluding hydrogens is 794 g/mol. The van der Waals surface area contributed by atoms with Crippen molar-refractivity contribution in [1.82, 2.24) is 0 Å². The molecule has 0 heterocycles. The van der Waals surface area contributed by atoms with E-state index < -0.39 is 95.3 Å². The fraction of sp³-hybridized carbons (Fsp3) is 0.750. The van der Waals surface area contributed by atoms with Gasteiger partial charge in [0.25, 0.3) is 0 Å². The Labute approximate surface area is 238 Å². The van der Waals surface area contributed by atoms with Crippen molar-refractivity contribution >= 4 is 0 Å². The average Bonchev–Trinajstić information content (AvgIpc) is 2.87. The van der Waals surface area contributed by atoms with Crippen LogP contribution in [0.15, 0.2) is 23.8 Å². The molecule has 0 bridgehead atoms. The summed E-state index contributed by atoms with van der Waals surface area (Å²) in [6.07, 6.45) is -27.2. The van der Waals surface area contributed by atoms with Gasteiger partial charge in [0.1, 0.15) is 0 Å². The van der Waals surface area contributed by atoms with Crippen LogP contribution in [0.25, 0.3) is 0 Å². The van der Waals surface area contributed by atoms with E-state index in [2.05, 4.69) is 0 Å². The van der Waals surface area contributed by atoms with Crippen LogP contribution in [0.1, 0.15) is 0 Å². The molecule has 0 aliphatic carbocycles. The third-order valence-electron chi connectivity index (χ3n) is 5.06. The Balaban J connectivity index is 8.37. The highest BCUT2D eigenvalue weighted by Gasteiger charge is 2.95. The molecule has 0 rings (SSSR count). The summed E-state index contributed by atoms with van der Waals surface area (Å²) in [5, 5.41) is 0. The van der Waals surface area contributed by atoms with E-state index in [1.54, 1.807) is 0 Å². The minimum absolute atomic E-state index is 1.00. The molecule has 0 aliphatic heterocycles. The Morgan fingerprint density at radius 2 is 0.458 bits per heavy atom. The summed E-state index contributed by atoms with van der Waals surface area (Å²) in [5.41, 5.74) is 0. The number of halogens is 30. The fourth-order valence-corrected chi connectivity index (χ4v) is 2.39. The molecule has 0 radical (unpaired) electrons. The average molecular weight is 794 g/mol. The lowest BCUT2D eigenvalue weighted by atomic mass is 9.91. The van der Waals surface area contributed by atoms with E-state index in [-0.39, 0.29) is 0 Å². The van der Waals surface area contributed by atoms with Gasteiger partial charge in [0.05, 0.1) is 0 Å². The maximum absolute atomic E-state index is 14.7. The first-order valence-corrected chi connectivity index (χ1v) is 9.74. The summed E-state index contributed by atoms with van der Waals surface area (Å²) in [7, 11) is 0. The lowest BCUT2D eigenvalue weighted by Crippen LogP contribution is -2.75. The van der Waals surface area contributed by atoms with Crippen molar-refractivity contribution in [3.05, 3.63) is 23.8 Å². The van der Waals surface area contributed by atoms with Crippen molar-refractivity contribution in [3.8, 4) is 0 Å². The third-order valence-corrected chi connectivity index (χ3v) is 5.06. The summed E-state index contributed by atoms with van der Waals surface area (Å²) in [6.45, 7) is 0. The van der Waals surface area contributed by atoms with Crippen LogP contribution in [0.2, 0.25) is 0 Å². The molecule has 286 valence electrons. The van der Waals surface area contributed by atoms with Crippen LogP contribution in [-0.2, 0) is 9.78 Å². The molecule has 0 fully saturated rings. The zero-order chi connectivity index (χ0) is 39.7. The molecule has 2 atom stereocenters. The number of hydrogen-bond acceptors (Lipinski definition) is 2. The van der Waals surface area contributed by atoms with Gasteiger partial charge in [-0.1, -0.05) is 0 Å². The molecule has 0 aromatic heterocycles. The smallest absolute Gasteiger partial charge is 0.199 e. The number of alkyl halides is 24. The molecule has 0 aromatic rings. The van der Waals surface area contributed by atoms with Crippen LogP contribution in [0.4, 0.5) is 132 Å². The van der Waals surface area contributed by atoms with E-state index in [0.29, 0.717) is 0 Å². The summed E-state index contributed by atoms with van der Waals surface area (Å²) in [4.78, 5) is 2.00. The molecule has 0 saturated carbocycles. The second-order valence-electron chi connectivity index (χ2n) is 8.10. The molecule has 0 spiro atoms. The van der Waals surface area contributed by atoms with Crippen LogP contribution < -0.4 is 0 Å². The van der Waals surface area contributed by atoms with E-state index in [0.717, 1.165) is 9.78 Å². The van der Waals surface area contributed by atoms with Crippen molar-refractivity contribution in [2.45, 2.75) is 71.4 Å². The van der Waals surface area contributed by atoms with Gasteiger partial charge in [-0.2, -0.15) is 141 Å². The molecule has 0 aromatic carbocycles. The van der Waals surface area contributed by atoms with Gasteiger partial charge in [-0.25, -0.2) is 0 Å². The van der Waals surface area contributed by atoms with Crippen molar-refractivity contribution in [2.75, 3.05) is 0 Å². The first kappa shape index (κ1) is 45.3. The summed E-state index contributed by atoms with van der Waals surface area (Å²) >= 11 is 0. The molecule has 48 heavy (non-hydrogen) atoms. The zero-order valence-corrected chi connectivity index (χ0v) is 20.2. The second-order valence-corrected chi connectivity index (χ2v) is 8.10. The van der Waals surface area contributed by atoms with Crippen molar-refractivity contribution in [3.63, 3.8) is 0 Å². The predicted octanol–water partition coefficient (Wildman–Crippen LogP) is 10.6. The lowest BCUT2D eigenvalue weighted by Gasteiger charge is -2.45. The highest BCUT2D eigenvalue weighted by atomic mass is 19.4. The molecule has 0 N–H and O–H groups in total. The maximum Gasteiger partial charge on any atom is 0.460 e. The van der Waals surface area contributed by atoms with Gasteiger partial charge >= 0.3 is 83.6 Å². The van der Waals surface area contributed by atoms with Crippen LogP contribution >= 0.6 is 0 Å². The Kier molecular flexibility index (Phi) is 11.3. The van der Waals surface area contributed by atoms with E-state index in [9.17, 15) is 132 Å². The Hall–Kier alpha value is -2.70. The number of hydrogen-bond donors (Lipinski definition) is 0. The van der Waals surface area contributed by atoms with Crippen molar-refractivity contribution < 1.29 is 141 Å². The normalized spacial score (nSPS) is 17.9. The van der Waals surface area contributed by atoms with Gasteiger partial charge in [-0.05, 0) is 0 Å². The minimum Gasteiger partial charge on any atom is -0.199 e. The van der Waals surface area contributed by atoms with Crippen molar-refractivity contribution in [1.29, 1.82) is 0 Å². The quantitative estimate of drug-likeness (QED) is 0.105. The van der Waals surface area contributed by atoms with E-state index in [1.165, 1.54) is 0 Å². The van der Waals surface area contributed by atoms with Gasteiger partial charge < -0.3 is 0 Å². The largest absolute Gasteiger partial charge is 0.460 e. The minimum atomic E-state index is -9.56. The standard InChI is InChI=1S/C16F30O2/c17-1(3(19)20)5(23,24)13(39,9(31,32)7(27,28)11(35,36)15(41,42)43)47-48-14(40,6(25,26)2(18)4(21)22)10(33,34)8(29,30)12(37,38)16(44,45)46. The highest BCUT2D eigenvalue weighted by molar-refractivity contribution is 5.21. The lowest BCUT2D eigenvalue weighted by molar-refractivity contribution is -0.584. The van der Waals surface area contributed by atoms with E-state index >= 15 is 0 Å². The number of rotatable bonds is 13. The van der Waals surface area contributed by atoms with Crippen LogP contribution in [0.5, 0.6) is 0 Å². The van der Waals surface area contributed by atoms with Gasteiger partial charge in [0.2, 0.25) is 11.7 Å². The fourth-order valence-electron chi connectivity index (χ4n) is 2.39. The molecular formula is C16F30O2. The van der Waals surface area contributed by atoms with Crippen LogP contribution in [-0.4, -0.2) is 71.4 Å². The molecule has 2 nitrogen and oxygen atoms in total. The summed E-state index contributed by atoms with van der Waals surface area (Å²) in [6, 6.07) is 0. The molecule has 0 amide bonds. The summed E-state index contributed by atoms with van der Waals surface area (Å²) < 4.78 is 397. The van der Waals surface area contributed by atoms with Crippen molar-refractivity contribution in [2.24, 2.45) is 0 Å². The van der Waals surface area contributed by atoms with Gasteiger partial charge in [0.15, 0.2) is 0 Å². The molecule has 0 aliphatic rings. The summed E-state index contributed by atoms with van der Waals surface area (Å²) in [5.74, 6) is -103. The molecule has 0 saturated heterocycles. The van der Waals surface area contributed by atoms with Gasteiger partial charge in [-0.3, -0.25) is 0 Å². The van der Waals surface area contributed by atoms with E-state index in [4.69, 9.17) is 0 Å². The van der Waals surface area contributed by atoms with Crippen LogP contribution in [0, 0.1) is 0 Å². The monoisotopic (exact) mass is 794 g/mol. The Morgan fingerprint density at radius 3 is 0.604 bits per heavy atom. The molecule has 2 unspecified atom stereocenters. The topological polar surface area (TPSA) is 18.5 Å². The predicted molar refractivity (Wildman–Crippen MR) is 82.2 cm³/mol. The zero-order valence-electron chi connectivity index (χ0n) is 20.2. The highest BCUT2D eigenvalue weighted by Crippen LogP contribution is 2.65. The Morgan fingerprint density at radius 1 is 0.271 bits per heavy atom. The third kappa shape index (κ3) is 5.93. The van der Waals surface area contributed by atoms with Gasteiger partial charge in [-0.15, -0.1) is 0 Å². The van der Waals surface area contributed by atoms with E-state index in [1.807, 2.05) is 0 Å². The van der Waals surface area contributed by atoms with Crippen LogP contribution in [0.3, 0.4) is 0 Å². The molecule has 32 heteroatoms. The second kappa shape index (κ2) is 12.0. The SMILES string of the molecule is FC(F)=C(F)C(F)(F)C(F)(OOC(F)(C(F)(F)C(F)=C(F)F)C(F)(F)C(F)(F)C(F)(F)C(F)(F)F)C(F)(F)C(F)(F)C(F)(F)C(F)(F)F. The first-order valence-electron chi connectivity index (χ1n) is 9.74. The van der Waals surface area contributed by atoms with Gasteiger partial charge in [0, 0.05) is 0 Å². The Bertz CT molecular complexity index is 1150.